The molecule has 1 fully saturated rings. The summed E-state index contributed by atoms with van der Waals surface area (Å²) in [7, 11) is 0. The number of aliphatic carboxylic acids is 2. The topological polar surface area (TPSA) is 74.6 Å². The highest BCUT2D eigenvalue weighted by Gasteiger charge is 2.45. The lowest BCUT2D eigenvalue weighted by atomic mass is 9.89. The molecule has 3 atom stereocenters. The van der Waals surface area contributed by atoms with Crippen LogP contribution in [-0.2, 0) is 9.59 Å². The van der Waals surface area contributed by atoms with E-state index in [4.69, 9.17) is 10.2 Å². The third-order valence-electron chi connectivity index (χ3n) is 3.40. The third kappa shape index (κ3) is 1.22. The van der Waals surface area contributed by atoms with Gasteiger partial charge >= 0.3 is 11.9 Å². The Hall–Kier alpha value is -1.32. The van der Waals surface area contributed by atoms with Gasteiger partial charge in [-0.25, -0.2) is 4.79 Å². The maximum absolute atomic E-state index is 10.9. The molecule has 0 aromatic rings. The molecule has 1 saturated carbocycles. The second kappa shape index (κ2) is 3.12. The van der Waals surface area contributed by atoms with E-state index in [9.17, 15) is 9.59 Å². The monoisotopic (exact) mass is 196 g/mol. The van der Waals surface area contributed by atoms with Crippen LogP contribution in [0.2, 0.25) is 0 Å². The Kier molecular flexibility index (Phi) is 2.06. The minimum atomic E-state index is -0.886. The molecule has 0 saturated heterocycles. The van der Waals surface area contributed by atoms with E-state index in [1.165, 1.54) is 0 Å². The standard InChI is InChI=1S/C10H12O4/c11-9(12)7-3-1-5-6(7)2-4-8(5)10(13)14/h3,5-6,8H,1-2,4H2,(H,11,12)(H,13,14). The normalized spacial score (nSPS) is 35.1. The summed E-state index contributed by atoms with van der Waals surface area (Å²) in [4.78, 5) is 21.7. The van der Waals surface area contributed by atoms with Crippen molar-refractivity contribution in [1.82, 2.24) is 0 Å². The molecule has 0 heterocycles. The van der Waals surface area contributed by atoms with Crippen molar-refractivity contribution in [3.8, 4) is 0 Å². The Morgan fingerprint density at radius 1 is 1.29 bits per heavy atom. The number of carboxylic acid groups (broad SMARTS) is 2. The first kappa shape index (κ1) is 9.24. The number of hydrogen-bond acceptors (Lipinski definition) is 2. The number of allylic oxidation sites excluding steroid dienone is 1. The number of hydrogen-bond donors (Lipinski definition) is 2. The van der Waals surface area contributed by atoms with Gasteiger partial charge in [-0.2, -0.15) is 0 Å². The quantitative estimate of drug-likeness (QED) is 0.694. The molecule has 3 unspecified atom stereocenters. The van der Waals surface area contributed by atoms with E-state index in [0.29, 0.717) is 24.8 Å². The van der Waals surface area contributed by atoms with E-state index in [-0.39, 0.29) is 17.8 Å². The largest absolute Gasteiger partial charge is 0.481 e. The molecule has 4 nitrogen and oxygen atoms in total. The lowest BCUT2D eigenvalue weighted by Crippen LogP contribution is -2.20. The average Bonchev–Trinajstić information content (AvgIpc) is 2.59. The van der Waals surface area contributed by atoms with Crippen LogP contribution in [0.1, 0.15) is 19.3 Å². The Bertz CT molecular complexity index is 318. The predicted molar refractivity (Wildman–Crippen MR) is 47.7 cm³/mol. The molecular weight excluding hydrogens is 184 g/mol. The first-order valence-electron chi connectivity index (χ1n) is 4.77. The lowest BCUT2D eigenvalue weighted by molar-refractivity contribution is -0.143. The first-order valence-corrected chi connectivity index (χ1v) is 4.77. The Labute approximate surface area is 81.2 Å². The van der Waals surface area contributed by atoms with Gasteiger partial charge in [-0.05, 0) is 31.1 Å². The Balaban J connectivity index is 2.16. The summed E-state index contributed by atoms with van der Waals surface area (Å²) in [5, 5.41) is 17.8. The molecule has 2 N–H and O–H groups in total. The summed E-state index contributed by atoms with van der Waals surface area (Å²) in [5.74, 6) is -2.00. The number of carboxylic acids is 2. The van der Waals surface area contributed by atoms with Crippen LogP contribution in [0.3, 0.4) is 0 Å². The van der Waals surface area contributed by atoms with Gasteiger partial charge in [-0.3, -0.25) is 4.79 Å². The SMILES string of the molecule is O=C(O)C1=CCC2C(C(=O)O)CCC12. The van der Waals surface area contributed by atoms with Crippen molar-refractivity contribution in [2.24, 2.45) is 17.8 Å². The van der Waals surface area contributed by atoms with Gasteiger partial charge in [0.2, 0.25) is 0 Å². The fraction of sp³-hybridized carbons (Fsp3) is 0.600. The highest BCUT2D eigenvalue weighted by Crippen LogP contribution is 2.47. The molecule has 2 aliphatic rings. The van der Waals surface area contributed by atoms with Gasteiger partial charge < -0.3 is 10.2 Å². The summed E-state index contributed by atoms with van der Waals surface area (Å²) in [6.07, 6.45) is 3.63. The van der Waals surface area contributed by atoms with Crippen LogP contribution in [0.25, 0.3) is 0 Å². The van der Waals surface area contributed by atoms with Gasteiger partial charge in [0.15, 0.2) is 0 Å². The summed E-state index contributed by atoms with van der Waals surface area (Å²) in [6.45, 7) is 0. The van der Waals surface area contributed by atoms with Crippen LogP contribution in [0.15, 0.2) is 11.6 Å². The zero-order valence-electron chi connectivity index (χ0n) is 7.64. The van der Waals surface area contributed by atoms with Crippen molar-refractivity contribution in [2.45, 2.75) is 19.3 Å². The Morgan fingerprint density at radius 2 is 2.00 bits per heavy atom. The summed E-state index contributed by atoms with van der Waals surface area (Å²) in [5.41, 5.74) is 0.429. The molecule has 4 heteroatoms. The van der Waals surface area contributed by atoms with Crippen LogP contribution in [-0.4, -0.2) is 22.2 Å². The zero-order chi connectivity index (χ0) is 10.3. The molecule has 0 bridgehead atoms. The van der Waals surface area contributed by atoms with E-state index in [2.05, 4.69) is 0 Å². The van der Waals surface area contributed by atoms with Crippen molar-refractivity contribution in [3.63, 3.8) is 0 Å². The van der Waals surface area contributed by atoms with E-state index in [0.717, 1.165) is 0 Å². The summed E-state index contributed by atoms with van der Waals surface area (Å²) < 4.78 is 0. The van der Waals surface area contributed by atoms with Crippen molar-refractivity contribution in [2.75, 3.05) is 0 Å². The molecule has 0 aromatic heterocycles. The maximum Gasteiger partial charge on any atom is 0.331 e. The molecular formula is C10H12O4. The van der Waals surface area contributed by atoms with E-state index in [1.54, 1.807) is 6.08 Å². The van der Waals surface area contributed by atoms with Gasteiger partial charge in [0, 0.05) is 5.57 Å². The number of carbonyl (C=O) groups is 2. The van der Waals surface area contributed by atoms with Gasteiger partial charge in [-0.1, -0.05) is 6.08 Å². The lowest BCUT2D eigenvalue weighted by Gasteiger charge is -2.14. The van der Waals surface area contributed by atoms with Gasteiger partial charge in [-0.15, -0.1) is 0 Å². The second-order valence-corrected chi connectivity index (χ2v) is 3.99. The minimum Gasteiger partial charge on any atom is -0.481 e. The maximum atomic E-state index is 10.9. The molecule has 2 rings (SSSR count). The van der Waals surface area contributed by atoms with Gasteiger partial charge in [0.1, 0.15) is 0 Å². The molecule has 0 amide bonds. The smallest absolute Gasteiger partial charge is 0.331 e. The average molecular weight is 196 g/mol. The molecule has 0 spiro atoms. The van der Waals surface area contributed by atoms with Crippen molar-refractivity contribution >= 4 is 11.9 Å². The first-order chi connectivity index (χ1) is 6.61. The molecule has 0 radical (unpaired) electrons. The van der Waals surface area contributed by atoms with Crippen molar-refractivity contribution in [3.05, 3.63) is 11.6 Å². The van der Waals surface area contributed by atoms with E-state index >= 15 is 0 Å². The fourth-order valence-corrected chi connectivity index (χ4v) is 2.75. The minimum absolute atomic E-state index is 0.0198. The zero-order valence-corrected chi connectivity index (χ0v) is 7.64. The van der Waals surface area contributed by atoms with Gasteiger partial charge in [0.25, 0.3) is 0 Å². The van der Waals surface area contributed by atoms with Crippen LogP contribution in [0.4, 0.5) is 0 Å². The highest BCUT2D eigenvalue weighted by atomic mass is 16.4. The third-order valence-corrected chi connectivity index (χ3v) is 3.40. The Morgan fingerprint density at radius 3 is 2.57 bits per heavy atom. The highest BCUT2D eigenvalue weighted by molar-refractivity contribution is 5.88. The van der Waals surface area contributed by atoms with Crippen molar-refractivity contribution < 1.29 is 19.8 Å². The van der Waals surface area contributed by atoms with Crippen LogP contribution < -0.4 is 0 Å². The van der Waals surface area contributed by atoms with Crippen LogP contribution in [0, 0.1) is 17.8 Å². The summed E-state index contributed by atoms with van der Waals surface area (Å²) >= 11 is 0. The van der Waals surface area contributed by atoms with E-state index in [1.807, 2.05) is 0 Å². The fourth-order valence-electron chi connectivity index (χ4n) is 2.75. The van der Waals surface area contributed by atoms with Crippen LogP contribution >= 0.6 is 0 Å². The summed E-state index contributed by atoms with van der Waals surface area (Å²) in [6, 6.07) is 0. The molecule has 0 aromatic carbocycles. The van der Waals surface area contributed by atoms with Gasteiger partial charge in [0.05, 0.1) is 5.92 Å². The molecule has 76 valence electrons. The van der Waals surface area contributed by atoms with Crippen LogP contribution in [0.5, 0.6) is 0 Å². The number of rotatable bonds is 2. The predicted octanol–water partition coefficient (Wildman–Crippen LogP) is 1.13. The van der Waals surface area contributed by atoms with E-state index < -0.39 is 11.9 Å². The molecule has 0 aliphatic heterocycles. The number of fused-ring (bicyclic) bond motifs is 1. The van der Waals surface area contributed by atoms with Crippen molar-refractivity contribution in [1.29, 1.82) is 0 Å². The molecule has 2 aliphatic carbocycles. The second-order valence-electron chi connectivity index (χ2n) is 3.99. The molecule has 14 heavy (non-hydrogen) atoms.